The van der Waals surface area contributed by atoms with Crippen molar-refractivity contribution in [2.45, 2.75) is 5.88 Å². The van der Waals surface area contributed by atoms with Crippen molar-refractivity contribution in [3.8, 4) is 11.3 Å². The van der Waals surface area contributed by atoms with Gasteiger partial charge in [0, 0.05) is 0 Å². The van der Waals surface area contributed by atoms with E-state index in [-0.39, 0.29) is 5.88 Å². The number of hydrogen-bond acceptors (Lipinski definition) is 3. The molecule has 4 heteroatoms. The Kier molecular flexibility index (Phi) is 1.87. The van der Waals surface area contributed by atoms with Crippen LogP contribution in [0.15, 0.2) is 33.6 Å². The van der Waals surface area contributed by atoms with Crippen LogP contribution in [0.1, 0.15) is 5.89 Å². The Bertz CT molecular complexity index is 353. The SMILES string of the molecule is ClCc1ncc(-c2ccoc2)o1. The van der Waals surface area contributed by atoms with E-state index in [0.717, 1.165) is 5.56 Å². The molecule has 2 aromatic heterocycles. The van der Waals surface area contributed by atoms with Crippen LogP contribution in [0.5, 0.6) is 0 Å². The van der Waals surface area contributed by atoms with E-state index >= 15 is 0 Å². The zero-order valence-electron chi connectivity index (χ0n) is 6.16. The maximum atomic E-state index is 5.52. The Morgan fingerprint density at radius 1 is 1.50 bits per heavy atom. The average molecular weight is 184 g/mol. The van der Waals surface area contributed by atoms with Gasteiger partial charge < -0.3 is 8.83 Å². The number of furan rings is 1. The standard InChI is InChI=1S/C8H6ClNO2/c9-3-8-10-4-7(12-8)6-1-2-11-5-6/h1-2,4-5H,3H2. The van der Waals surface area contributed by atoms with Crippen molar-refractivity contribution in [1.82, 2.24) is 4.98 Å². The summed E-state index contributed by atoms with van der Waals surface area (Å²) in [5, 5.41) is 0. The fourth-order valence-corrected chi connectivity index (χ4v) is 1.03. The molecule has 0 aliphatic heterocycles. The molecule has 0 aliphatic rings. The zero-order valence-corrected chi connectivity index (χ0v) is 6.91. The molecule has 0 radical (unpaired) electrons. The van der Waals surface area contributed by atoms with E-state index in [1.807, 2.05) is 0 Å². The molecule has 2 rings (SSSR count). The molecule has 0 bridgehead atoms. The van der Waals surface area contributed by atoms with Crippen LogP contribution in [-0.2, 0) is 5.88 Å². The summed E-state index contributed by atoms with van der Waals surface area (Å²) in [5.74, 6) is 1.49. The summed E-state index contributed by atoms with van der Waals surface area (Å²) in [6.07, 6.45) is 4.80. The molecule has 0 saturated heterocycles. The fourth-order valence-electron chi connectivity index (χ4n) is 0.910. The molecular weight excluding hydrogens is 178 g/mol. The average Bonchev–Trinajstić information content (AvgIpc) is 2.75. The van der Waals surface area contributed by atoms with Gasteiger partial charge in [0.1, 0.15) is 6.26 Å². The van der Waals surface area contributed by atoms with Crippen LogP contribution in [0.3, 0.4) is 0 Å². The Labute approximate surface area is 74.0 Å². The molecule has 2 aromatic rings. The third-order valence-corrected chi connectivity index (χ3v) is 1.70. The second kappa shape index (κ2) is 3.03. The number of nitrogens with zero attached hydrogens (tertiary/aromatic N) is 1. The molecule has 0 saturated carbocycles. The fraction of sp³-hybridized carbons (Fsp3) is 0.125. The third kappa shape index (κ3) is 1.23. The topological polar surface area (TPSA) is 39.2 Å². The van der Waals surface area contributed by atoms with Gasteiger partial charge >= 0.3 is 0 Å². The summed E-state index contributed by atoms with van der Waals surface area (Å²) in [6.45, 7) is 0. The van der Waals surface area contributed by atoms with Crippen molar-refractivity contribution in [1.29, 1.82) is 0 Å². The number of hydrogen-bond donors (Lipinski definition) is 0. The summed E-state index contributed by atoms with van der Waals surface area (Å²) in [6, 6.07) is 1.80. The van der Waals surface area contributed by atoms with E-state index < -0.39 is 0 Å². The molecule has 0 aromatic carbocycles. The first-order valence-electron chi connectivity index (χ1n) is 3.43. The molecule has 0 atom stereocenters. The minimum atomic E-state index is 0.290. The van der Waals surface area contributed by atoms with Gasteiger partial charge in [0.05, 0.1) is 23.9 Å². The number of rotatable bonds is 2. The Morgan fingerprint density at radius 3 is 3.00 bits per heavy atom. The van der Waals surface area contributed by atoms with Crippen LogP contribution >= 0.6 is 11.6 Å². The third-order valence-electron chi connectivity index (χ3n) is 1.47. The molecule has 12 heavy (non-hydrogen) atoms. The smallest absolute Gasteiger partial charge is 0.209 e. The van der Waals surface area contributed by atoms with Crippen molar-refractivity contribution in [2.75, 3.05) is 0 Å². The van der Waals surface area contributed by atoms with Crippen LogP contribution in [0.2, 0.25) is 0 Å². The number of oxazole rings is 1. The quantitative estimate of drug-likeness (QED) is 0.672. The summed E-state index contributed by atoms with van der Waals surface area (Å²) in [4.78, 5) is 3.95. The van der Waals surface area contributed by atoms with Gasteiger partial charge in [0.2, 0.25) is 5.89 Å². The summed E-state index contributed by atoms with van der Waals surface area (Å²) in [7, 11) is 0. The van der Waals surface area contributed by atoms with Gasteiger partial charge in [0.15, 0.2) is 5.76 Å². The van der Waals surface area contributed by atoms with Crippen molar-refractivity contribution < 1.29 is 8.83 Å². The van der Waals surface area contributed by atoms with Gasteiger partial charge in [-0.25, -0.2) is 4.98 Å². The van der Waals surface area contributed by atoms with E-state index in [0.29, 0.717) is 11.7 Å². The number of halogens is 1. The normalized spacial score (nSPS) is 10.4. The van der Waals surface area contributed by atoms with Crippen LogP contribution < -0.4 is 0 Å². The van der Waals surface area contributed by atoms with Gasteiger partial charge in [0.25, 0.3) is 0 Å². The second-order valence-electron chi connectivity index (χ2n) is 2.26. The van der Waals surface area contributed by atoms with Crippen LogP contribution in [0.4, 0.5) is 0 Å². The molecular formula is C8H6ClNO2. The maximum Gasteiger partial charge on any atom is 0.209 e. The first kappa shape index (κ1) is 7.43. The van der Waals surface area contributed by atoms with Gasteiger partial charge in [-0.3, -0.25) is 0 Å². The molecule has 3 nitrogen and oxygen atoms in total. The second-order valence-corrected chi connectivity index (χ2v) is 2.53. The van der Waals surface area contributed by atoms with E-state index in [1.165, 1.54) is 0 Å². The van der Waals surface area contributed by atoms with E-state index in [4.69, 9.17) is 20.4 Å². The Balaban J connectivity index is 2.35. The van der Waals surface area contributed by atoms with Gasteiger partial charge in [-0.2, -0.15) is 0 Å². The minimum Gasteiger partial charge on any atom is -0.472 e. The minimum absolute atomic E-state index is 0.290. The van der Waals surface area contributed by atoms with Crippen molar-refractivity contribution in [3.05, 3.63) is 30.7 Å². The maximum absolute atomic E-state index is 5.52. The summed E-state index contributed by atoms with van der Waals surface area (Å²) < 4.78 is 10.2. The monoisotopic (exact) mass is 183 g/mol. The van der Waals surface area contributed by atoms with E-state index in [9.17, 15) is 0 Å². The summed E-state index contributed by atoms with van der Waals surface area (Å²) >= 11 is 5.52. The van der Waals surface area contributed by atoms with E-state index in [2.05, 4.69) is 4.98 Å². The number of alkyl halides is 1. The first-order chi connectivity index (χ1) is 5.90. The van der Waals surface area contributed by atoms with Gasteiger partial charge in [-0.1, -0.05) is 0 Å². The summed E-state index contributed by atoms with van der Waals surface area (Å²) in [5.41, 5.74) is 0.874. The molecule has 0 unspecified atom stereocenters. The van der Waals surface area contributed by atoms with Crippen LogP contribution in [0.25, 0.3) is 11.3 Å². The highest BCUT2D eigenvalue weighted by atomic mass is 35.5. The first-order valence-corrected chi connectivity index (χ1v) is 3.97. The highest BCUT2D eigenvalue weighted by molar-refractivity contribution is 6.16. The van der Waals surface area contributed by atoms with Gasteiger partial charge in [-0.15, -0.1) is 11.6 Å². The number of aromatic nitrogens is 1. The highest BCUT2D eigenvalue weighted by Crippen LogP contribution is 2.20. The van der Waals surface area contributed by atoms with Crippen LogP contribution in [0, 0.1) is 0 Å². The highest BCUT2D eigenvalue weighted by Gasteiger charge is 2.05. The van der Waals surface area contributed by atoms with E-state index in [1.54, 1.807) is 24.8 Å². The predicted molar refractivity (Wildman–Crippen MR) is 43.8 cm³/mol. The Hall–Kier alpha value is -1.22. The molecule has 0 spiro atoms. The lowest BCUT2D eigenvalue weighted by Crippen LogP contribution is -1.70. The van der Waals surface area contributed by atoms with Crippen molar-refractivity contribution in [2.24, 2.45) is 0 Å². The lowest BCUT2D eigenvalue weighted by atomic mass is 10.3. The Morgan fingerprint density at radius 2 is 2.42 bits per heavy atom. The van der Waals surface area contributed by atoms with Crippen LogP contribution in [-0.4, -0.2) is 4.98 Å². The predicted octanol–water partition coefficient (Wildman–Crippen LogP) is 2.67. The van der Waals surface area contributed by atoms with Gasteiger partial charge in [-0.05, 0) is 6.07 Å². The lowest BCUT2D eigenvalue weighted by molar-refractivity contribution is 0.525. The largest absolute Gasteiger partial charge is 0.472 e. The molecule has 0 amide bonds. The molecule has 62 valence electrons. The molecule has 0 N–H and O–H groups in total. The van der Waals surface area contributed by atoms with Crippen molar-refractivity contribution >= 4 is 11.6 Å². The molecule has 0 fully saturated rings. The van der Waals surface area contributed by atoms with Crippen molar-refractivity contribution in [3.63, 3.8) is 0 Å². The lowest BCUT2D eigenvalue weighted by Gasteiger charge is -1.85. The molecule has 0 aliphatic carbocycles. The zero-order chi connectivity index (χ0) is 8.39. The molecule has 2 heterocycles.